The summed E-state index contributed by atoms with van der Waals surface area (Å²) in [5.74, 6) is 0.786. The number of hydrogen-bond acceptors (Lipinski definition) is 3. The number of nitrogens with one attached hydrogen (secondary N) is 1. The molecule has 1 saturated carbocycles. The van der Waals surface area contributed by atoms with Gasteiger partial charge in [-0.05, 0) is 43.2 Å². The Balaban J connectivity index is 1.52. The summed E-state index contributed by atoms with van der Waals surface area (Å²) in [6.45, 7) is 1.41. The number of halogens is 1. The smallest absolute Gasteiger partial charge is 0.282 e. The van der Waals surface area contributed by atoms with Gasteiger partial charge in [0.25, 0.3) is 10.2 Å². The number of fused-ring (bicyclic) bond motifs is 1. The van der Waals surface area contributed by atoms with E-state index in [1.165, 1.54) is 30.0 Å². The zero-order valence-electron chi connectivity index (χ0n) is 16.5. The molecule has 1 aromatic carbocycles. The number of anilines is 1. The molecule has 5 nitrogen and oxygen atoms in total. The molecule has 0 amide bonds. The van der Waals surface area contributed by atoms with E-state index in [1.807, 2.05) is 24.3 Å². The van der Waals surface area contributed by atoms with E-state index in [9.17, 15) is 12.8 Å². The largest absolute Gasteiger partial charge is 0.381 e. The molecule has 0 radical (unpaired) electrons. The molecular weight excluding hydrogens is 377 g/mol. The van der Waals surface area contributed by atoms with Crippen LogP contribution in [0.1, 0.15) is 56.9 Å². The summed E-state index contributed by atoms with van der Waals surface area (Å²) >= 11 is 0. The van der Waals surface area contributed by atoms with Crippen LogP contribution in [-0.2, 0) is 16.8 Å². The summed E-state index contributed by atoms with van der Waals surface area (Å²) in [6, 6.07) is 8.10. The Kier molecular flexibility index (Phi) is 6.23. The molecule has 1 unspecified atom stereocenters. The van der Waals surface area contributed by atoms with Crippen molar-refractivity contribution in [1.82, 2.24) is 8.61 Å². The Labute approximate surface area is 168 Å². The number of alkyl halides is 1. The van der Waals surface area contributed by atoms with E-state index in [0.717, 1.165) is 30.0 Å². The molecule has 1 aromatic rings. The van der Waals surface area contributed by atoms with Crippen molar-refractivity contribution >= 4 is 15.9 Å². The third-order valence-electron chi connectivity index (χ3n) is 6.58. The molecule has 4 rings (SSSR count). The first-order valence-corrected chi connectivity index (χ1v) is 12.2. The second kappa shape index (κ2) is 8.67. The second-order valence-electron chi connectivity index (χ2n) is 8.60. The van der Waals surface area contributed by atoms with Crippen molar-refractivity contribution in [2.75, 3.05) is 25.0 Å². The Hall–Kier alpha value is -1.18. The maximum absolute atomic E-state index is 13.5. The maximum atomic E-state index is 13.5. The van der Waals surface area contributed by atoms with Gasteiger partial charge in [-0.3, -0.25) is 0 Å². The minimum atomic E-state index is -3.58. The maximum Gasteiger partial charge on any atom is 0.282 e. The first kappa shape index (κ1) is 20.1. The van der Waals surface area contributed by atoms with Gasteiger partial charge in [0.1, 0.15) is 6.17 Å². The topological polar surface area (TPSA) is 52.7 Å². The van der Waals surface area contributed by atoms with Crippen LogP contribution in [0.5, 0.6) is 0 Å². The predicted octanol–water partition coefficient (Wildman–Crippen LogP) is 3.93. The number of rotatable bonds is 5. The van der Waals surface area contributed by atoms with E-state index >= 15 is 0 Å². The van der Waals surface area contributed by atoms with Crippen LogP contribution < -0.4 is 5.32 Å². The van der Waals surface area contributed by atoms with Crippen molar-refractivity contribution in [2.45, 2.75) is 70.1 Å². The lowest BCUT2D eigenvalue weighted by Gasteiger charge is -2.33. The number of nitrogens with zero attached hydrogens (tertiary/aromatic N) is 2. The number of hydrogen-bond donors (Lipinski definition) is 1. The highest BCUT2D eigenvalue weighted by molar-refractivity contribution is 7.86. The number of para-hydroxylation sites is 1. The highest BCUT2D eigenvalue weighted by Crippen LogP contribution is 2.32. The second-order valence-corrected chi connectivity index (χ2v) is 10.5. The zero-order chi connectivity index (χ0) is 19.6. The Morgan fingerprint density at radius 1 is 1.00 bits per heavy atom. The lowest BCUT2D eigenvalue weighted by molar-refractivity contribution is 0.200. The molecule has 0 aromatic heterocycles. The van der Waals surface area contributed by atoms with Gasteiger partial charge in [0, 0.05) is 37.9 Å². The van der Waals surface area contributed by atoms with Crippen molar-refractivity contribution in [3.8, 4) is 0 Å². The molecule has 0 spiro atoms. The standard InChI is InChI=1S/C21H32FN3O2S/c22-19-11-13-24(14-12-19)28(26,27)25-15-18-7-3-4-8-21(18)23-20(16-25)10-9-17-5-1-2-6-17/h3-4,7-8,17,19-20,23H,1-2,5-6,9-16H2. The fraction of sp³-hybridized carbons (Fsp3) is 0.714. The predicted molar refractivity (Wildman–Crippen MR) is 110 cm³/mol. The summed E-state index contributed by atoms with van der Waals surface area (Å²) in [4.78, 5) is 0. The molecular formula is C21H32FN3O2S. The lowest BCUT2D eigenvalue weighted by atomic mass is 9.98. The Morgan fingerprint density at radius 3 is 2.46 bits per heavy atom. The van der Waals surface area contributed by atoms with E-state index in [1.54, 1.807) is 4.31 Å². The molecule has 3 aliphatic rings. The van der Waals surface area contributed by atoms with Crippen LogP contribution in [0, 0.1) is 5.92 Å². The highest BCUT2D eigenvalue weighted by Gasteiger charge is 2.36. The third kappa shape index (κ3) is 4.52. The molecule has 2 heterocycles. The number of benzene rings is 1. The normalized spacial score (nSPS) is 26.0. The molecule has 1 aliphatic carbocycles. The zero-order valence-corrected chi connectivity index (χ0v) is 17.3. The average Bonchev–Trinajstić information content (AvgIpc) is 3.13. The van der Waals surface area contributed by atoms with Crippen LogP contribution in [0.2, 0.25) is 0 Å². The summed E-state index contributed by atoms with van der Waals surface area (Å²) in [7, 11) is -3.58. The minimum Gasteiger partial charge on any atom is -0.381 e. The monoisotopic (exact) mass is 409 g/mol. The van der Waals surface area contributed by atoms with E-state index in [0.29, 0.717) is 25.9 Å². The van der Waals surface area contributed by atoms with Crippen LogP contribution in [0.4, 0.5) is 10.1 Å². The molecule has 2 aliphatic heterocycles. The summed E-state index contributed by atoms with van der Waals surface area (Å²) in [6.07, 6.45) is 7.14. The quantitative estimate of drug-likeness (QED) is 0.802. The van der Waals surface area contributed by atoms with Crippen molar-refractivity contribution < 1.29 is 12.8 Å². The van der Waals surface area contributed by atoms with E-state index < -0.39 is 16.4 Å². The summed E-state index contributed by atoms with van der Waals surface area (Å²) < 4.78 is 43.2. The van der Waals surface area contributed by atoms with Crippen molar-refractivity contribution in [1.29, 1.82) is 0 Å². The lowest BCUT2D eigenvalue weighted by Crippen LogP contribution is -2.49. The minimum absolute atomic E-state index is 0.109. The van der Waals surface area contributed by atoms with Crippen molar-refractivity contribution in [3.05, 3.63) is 29.8 Å². The van der Waals surface area contributed by atoms with Crippen LogP contribution in [0.25, 0.3) is 0 Å². The van der Waals surface area contributed by atoms with Gasteiger partial charge in [0.05, 0.1) is 0 Å². The van der Waals surface area contributed by atoms with Gasteiger partial charge in [0.15, 0.2) is 0 Å². The molecule has 2 fully saturated rings. The SMILES string of the molecule is O=S(=O)(N1CCC(F)CC1)N1Cc2ccccc2NC(CCC2CCCC2)C1. The van der Waals surface area contributed by atoms with Crippen molar-refractivity contribution in [3.63, 3.8) is 0 Å². The van der Waals surface area contributed by atoms with Crippen molar-refractivity contribution in [2.24, 2.45) is 5.92 Å². The molecule has 7 heteroatoms. The van der Waals surface area contributed by atoms with Crippen LogP contribution in [0.15, 0.2) is 24.3 Å². The Morgan fingerprint density at radius 2 is 1.71 bits per heavy atom. The summed E-state index contributed by atoms with van der Waals surface area (Å²) in [5.41, 5.74) is 2.05. The third-order valence-corrected chi connectivity index (χ3v) is 8.53. The van der Waals surface area contributed by atoms with Gasteiger partial charge in [-0.15, -0.1) is 0 Å². The van der Waals surface area contributed by atoms with Gasteiger partial charge in [-0.2, -0.15) is 17.0 Å². The van der Waals surface area contributed by atoms with Gasteiger partial charge in [0.2, 0.25) is 0 Å². The number of piperidine rings is 1. The molecule has 1 atom stereocenters. The molecule has 0 bridgehead atoms. The molecule has 1 saturated heterocycles. The average molecular weight is 410 g/mol. The fourth-order valence-corrected chi connectivity index (χ4v) is 6.53. The molecule has 28 heavy (non-hydrogen) atoms. The first-order chi connectivity index (χ1) is 13.5. The van der Waals surface area contributed by atoms with E-state index in [4.69, 9.17) is 0 Å². The Bertz CT molecular complexity index is 759. The summed E-state index contributed by atoms with van der Waals surface area (Å²) in [5, 5.41) is 3.61. The fourth-order valence-electron chi connectivity index (χ4n) is 4.86. The van der Waals surface area contributed by atoms with Gasteiger partial charge in [-0.25, -0.2) is 4.39 Å². The van der Waals surface area contributed by atoms with Crippen LogP contribution >= 0.6 is 0 Å². The van der Waals surface area contributed by atoms with E-state index in [-0.39, 0.29) is 19.1 Å². The van der Waals surface area contributed by atoms with Gasteiger partial charge >= 0.3 is 0 Å². The first-order valence-electron chi connectivity index (χ1n) is 10.8. The van der Waals surface area contributed by atoms with Gasteiger partial charge < -0.3 is 5.32 Å². The molecule has 1 N–H and O–H groups in total. The van der Waals surface area contributed by atoms with Crippen LogP contribution in [-0.4, -0.2) is 48.9 Å². The molecule has 156 valence electrons. The van der Waals surface area contributed by atoms with Gasteiger partial charge in [-0.1, -0.05) is 43.9 Å². The van der Waals surface area contributed by atoms with Crippen LogP contribution in [0.3, 0.4) is 0 Å². The highest BCUT2D eigenvalue weighted by atomic mass is 32.2. The van der Waals surface area contributed by atoms with E-state index in [2.05, 4.69) is 5.32 Å².